The molecule has 1 fully saturated rings. The number of carboxylic acids is 1. The number of nitrogens with zero attached hydrogens (tertiary/aromatic N) is 1. The number of amides is 2. The Morgan fingerprint density at radius 3 is 2.21 bits per heavy atom. The van der Waals surface area contributed by atoms with Gasteiger partial charge in [-0.05, 0) is 35.1 Å². The average Bonchev–Trinajstić information content (AvgIpc) is 3.46. The first kappa shape index (κ1) is 23.8. The highest BCUT2D eigenvalue weighted by Gasteiger charge is 2.46. The third-order valence-corrected chi connectivity index (χ3v) is 6.93. The molecular weight excluding hydrogens is 436 g/mol. The molecule has 0 saturated heterocycles. The standard InChI is InChI=1S/C26H30N2O6/c1-28(26(24(30)31)12-6-7-13-26)23(29)17-33-15-14-27-25(32)34-16-22-20-10-4-2-8-18(20)19-9-3-5-11-21(19)22/h2-5,8-11,22H,6-7,12-17H2,1H3,(H,27,32)(H,30,31). The van der Waals surface area contributed by atoms with Gasteiger partial charge in [0.25, 0.3) is 0 Å². The van der Waals surface area contributed by atoms with Crippen molar-refractivity contribution in [2.45, 2.75) is 37.1 Å². The lowest BCUT2D eigenvalue weighted by Gasteiger charge is -2.34. The second kappa shape index (κ2) is 10.3. The molecule has 0 radical (unpaired) electrons. The number of carboxylic acid groups (broad SMARTS) is 1. The van der Waals surface area contributed by atoms with E-state index in [9.17, 15) is 19.5 Å². The maximum atomic E-state index is 12.4. The Balaban J connectivity index is 1.19. The molecule has 0 aromatic heterocycles. The third kappa shape index (κ3) is 4.63. The molecule has 2 amide bonds. The molecule has 0 unspecified atom stereocenters. The van der Waals surface area contributed by atoms with Crippen LogP contribution in [0.4, 0.5) is 4.79 Å². The van der Waals surface area contributed by atoms with Crippen molar-refractivity contribution < 1.29 is 29.0 Å². The molecule has 8 nitrogen and oxygen atoms in total. The molecule has 2 aromatic rings. The Morgan fingerprint density at radius 2 is 1.62 bits per heavy atom. The van der Waals surface area contributed by atoms with Gasteiger partial charge in [0, 0.05) is 19.5 Å². The highest BCUT2D eigenvalue weighted by Crippen LogP contribution is 2.44. The van der Waals surface area contributed by atoms with Crippen molar-refractivity contribution in [2.24, 2.45) is 0 Å². The molecule has 4 rings (SSSR count). The highest BCUT2D eigenvalue weighted by atomic mass is 16.5. The van der Waals surface area contributed by atoms with E-state index in [1.54, 1.807) is 0 Å². The quantitative estimate of drug-likeness (QED) is 0.549. The van der Waals surface area contributed by atoms with Gasteiger partial charge in [-0.15, -0.1) is 0 Å². The molecule has 1 saturated carbocycles. The van der Waals surface area contributed by atoms with Gasteiger partial charge in [-0.1, -0.05) is 61.4 Å². The number of rotatable bonds is 9. The van der Waals surface area contributed by atoms with Crippen molar-refractivity contribution in [3.63, 3.8) is 0 Å². The second-order valence-corrected chi connectivity index (χ2v) is 8.80. The zero-order valence-electron chi connectivity index (χ0n) is 19.3. The molecule has 2 N–H and O–H groups in total. The zero-order chi connectivity index (χ0) is 24.1. The summed E-state index contributed by atoms with van der Waals surface area (Å²) >= 11 is 0. The summed E-state index contributed by atoms with van der Waals surface area (Å²) in [6.07, 6.45) is 1.93. The fraction of sp³-hybridized carbons (Fsp3) is 0.423. The van der Waals surface area contributed by atoms with Gasteiger partial charge in [0.05, 0.1) is 6.61 Å². The molecular formula is C26H30N2O6. The van der Waals surface area contributed by atoms with Crippen LogP contribution in [0, 0.1) is 0 Å². The normalized spacial score (nSPS) is 15.9. The number of ether oxygens (including phenoxy) is 2. The molecule has 0 heterocycles. The summed E-state index contributed by atoms with van der Waals surface area (Å²) in [4.78, 5) is 37.6. The van der Waals surface area contributed by atoms with Crippen LogP contribution >= 0.6 is 0 Å². The monoisotopic (exact) mass is 466 g/mol. The van der Waals surface area contributed by atoms with E-state index in [0.717, 1.165) is 35.1 Å². The maximum absolute atomic E-state index is 12.4. The molecule has 0 atom stereocenters. The van der Waals surface area contributed by atoms with E-state index >= 15 is 0 Å². The molecule has 180 valence electrons. The van der Waals surface area contributed by atoms with Crippen molar-refractivity contribution in [3.8, 4) is 11.1 Å². The van der Waals surface area contributed by atoms with Crippen LogP contribution in [0.3, 0.4) is 0 Å². The number of benzene rings is 2. The lowest BCUT2D eigenvalue weighted by Crippen LogP contribution is -2.54. The van der Waals surface area contributed by atoms with Crippen LogP contribution in [0.1, 0.15) is 42.7 Å². The molecule has 0 bridgehead atoms. The number of nitrogens with one attached hydrogen (secondary N) is 1. The second-order valence-electron chi connectivity index (χ2n) is 8.80. The predicted molar refractivity (Wildman–Crippen MR) is 125 cm³/mol. The summed E-state index contributed by atoms with van der Waals surface area (Å²) in [5.74, 6) is -1.37. The van der Waals surface area contributed by atoms with Crippen LogP contribution in [0.2, 0.25) is 0 Å². The summed E-state index contributed by atoms with van der Waals surface area (Å²) in [5.41, 5.74) is 3.47. The predicted octanol–water partition coefficient (Wildman–Crippen LogP) is 3.40. The van der Waals surface area contributed by atoms with Crippen molar-refractivity contribution in [3.05, 3.63) is 59.7 Å². The number of hydrogen-bond donors (Lipinski definition) is 2. The third-order valence-electron chi connectivity index (χ3n) is 6.93. The van der Waals surface area contributed by atoms with Crippen LogP contribution in [0.25, 0.3) is 11.1 Å². The minimum atomic E-state index is -1.14. The smallest absolute Gasteiger partial charge is 0.407 e. The van der Waals surface area contributed by atoms with E-state index in [2.05, 4.69) is 29.6 Å². The van der Waals surface area contributed by atoms with Crippen molar-refractivity contribution >= 4 is 18.0 Å². The SMILES string of the molecule is CN(C(=O)COCCNC(=O)OCC1c2ccccc2-c2ccccc21)C1(C(=O)O)CCCC1. The van der Waals surface area contributed by atoms with Gasteiger partial charge < -0.3 is 24.8 Å². The topological polar surface area (TPSA) is 105 Å². The Labute approximate surface area is 198 Å². The van der Waals surface area contributed by atoms with Gasteiger partial charge in [0.15, 0.2) is 0 Å². The Bertz CT molecular complexity index is 1020. The highest BCUT2D eigenvalue weighted by molar-refractivity contribution is 5.87. The molecule has 8 heteroatoms. The van der Waals surface area contributed by atoms with E-state index in [4.69, 9.17) is 9.47 Å². The van der Waals surface area contributed by atoms with Crippen LogP contribution in [-0.2, 0) is 19.1 Å². The minimum absolute atomic E-state index is 0.0142. The Morgan fingerprint density at radius 1 is 1.03 bits per heavy atom. The van der Waals surface area contributed by atoms with Gasteiger partial charge in [0.2, 0.25) is 5.91 Å². The minimum Gasteiger partial charge on any atom is -0.479 e. The van der Waals surface area contributed by atoms with Crippen molar-refractivity contribution in [1.82, 2.24) is 10.2 Å². The number of hydrogen-bond acceptors (Lipinski definition) is 5. The molecule has 2 aromatic carbocycles. The van der Waals surface area contributed by atoms with E-state index < -0.39 is 17.6 Å². The fourth-order valence-electron chi connectivity index (χ4n) is 5.02. The van der Waals surface area contributed by atoms with Crippen LogP contribution in [0.5, 0.6) is 0 Å². The Hall–Kier alpha value is -3.39. The first-order valence-corrected chi connectivity index (χ1v) is 11.6. The number of aliphatic carboxylic acids is 1. The van der Waals surface area contributed by atoms with E-state index in [1.807, 2.05) is 24.3 Å². The fourth-order valence-corrected chi connectivity index (χ4v) is 5.02. The van der Waals surface area contributed by atoms with Crippen molar-refractivity contribution in [1.29, 1.82) is 0 Å². The summed E-state index contributed by atoms with van der Waals surface area (Å²) in [5, 5.41) is 12.2. The number of carbonyl (C=O) groups excluding carboxylic acids is 2. The van der Waals surface area contributed by atoms with Crippen LogP contribution in [-0.4, -0.2) is 66.9 Å². The number of fused-ring (bicyclic) bond motifs is 3. The summed E-state index contributed by atoms with van der Waals surface area (Å²) in [6.45, 7) is 0.279. The largest absolute Gasteiger partial charge is 0.479 e. The van der Waals surface area contributed by atoms with Gasteiger partial charge in [-0.3, -0.25) is 4.79 Å². The maximum Gasteiger partial charge on any atom is 0.407 e. The number of likely N-dealkylation sites (N-methyl/N-ethyl adjacent to an activating group) is 1. The van der Waals surface area contributed by atoms with Crippen LogP contribution < -0.4 is 5.32 Å². The first-order valence-electron chi connectivity index (χ1n) is 11.6. The average molecular weight is 467 g/mol. The van der Waals surface area contributed by atoms with Crippen molar-refractivity contribution in [2.75, 3.05) is 33.4 Å². The molecule has 2 aliphatic carbocycles. The van der Waals surface area contributed by atoms with E-state index in [-0.39, 0.29) is 38.2 Å². The van der Waals surface area contributed by atoms with Gasteiger partial charge in [0.1, 0.15) is 18.8 Å². The van der Waals surface area contributed by atoms with Gasteiger partial charge in [-0.2, -0.15) is 0 Å². The number of alkyl carbamates (subject to hydrolysis) is 1. The zero-order valence-corrected chi connectivity index (χ0v) is 19.3. The van der Waals surface area contributed by atoms with Gasteiger partial charge >= 0.3 is 12.1 Å². The Kier molecular flexibility index (Phi) is 7.17. The lowest BCUT2D eigenvalue weighted by atomic mass is 9.96. The molecule has 0 aliphatic heterocycles. The summed E-state index contributed by atoms with van der Waals surface area (Å²) in [6, 6.07) is 16.3. The van der Waals surface area contributed by atoms with Gasteiger partial charge in [-0.25, -0.2) is 9.59 Å². The van der Waals surface area contributed by atoms with E-state index in [1.165, 1.54) is 11.9 Å². The van der Waals surface area contributed by atoms with E-state index in [0.29, 0.717) is 12.8 Å². The van der Waals surface area contributed by atoms with Crippen LogP contribution in [0.15, 0.2) is 48.5 Å². The molecule has 0 spiro atoms. The summed E-state index contributed by atoms with van der Waals surface area (Å²) < 4.78 is 10.8. The summed E-state index contributed by atoms with van der Waals surface area (Å²) in [7, 11) is 1.51. The lowest BCUT2D eigenvalue weighted by molar-refractivity contribution is -0.159. The first-order chi connectivity index (χ1) is 16.4. The molecule has 34 heavy (non-hydrogen) atoms. The molecule has 2 aliphatic rings. The number of carbonyl (C=O) groups is 3.